The lowest BCUT2D eigenvalue weighted by Crippen LogP contribution is -2.41. The maximum atomic E-state index is 5.77. The van der Waals surface area contributed by atoms with Gasteiger partial charge in [0.25, 0.3) is 0 Å². The van der Waals surface area contributed by atoms with Gasteiger partial charge >= 0.3 is 0 Å². The van der Waals surface area contributed by atoms with E-state index < -0.39 is 5.66 Å². The molecule has 0 bridgehead atoms. The number of hydrogen-bond donors (Lipinski definition) is 3. The molecule has 0 saturated heterocycles. The highest BCUT2D eigenvalue weighted by atomic mass is 15.4. The van der Waals surface area contributed by atoms with E-state index in [0.29, 0.717) is 17.6 Å². The number of guanidine groups is 1. The molecule has 120 valence electrons. The average molecular weight is 320 g/mol. The van der Waals surface area contributed by atoms with Crippen LogP contribution in [0.25, 0.3) is 16.9 Å². The highest BCUT2D eigenvalue weighted by Gasteiger charge is 2.25. The maximum absolute atomic E-state index is 5.77. The zero-order valence-electron chi connectivity index (χ0n) is 13.0. The molecule has 8 heteroatoms. The van der Waals surface area contributed by atoms with Crippen LogP contribution in [0.5, 0.6) is 0 Å². The molecular formula is C16H16N8. The SMILES string of the molecule is CC1(Nc2nc(-c3ccccc3)cc3ncnn23)C=CNC(N)=N1. The lowest BCUT2D eigenvalue weighted by Gasteiger charge is -2.27. The van der Waals surface area contributed by atoms with Gasteiger partial charge in [0.15, 0.2) is 17.3 Å². The first-order chi connectivity index (χ1) is 11.6. The van der Waals surface area contributed by atoms with Crippen molar-refractivity contribution in [1.29, 1.82) is 0 Å². The largest absolute Gasteiger partial charge is 0.370 e. The summed E-state index contributed by atoms with van der Waals surface area (Å²) in [4.78, 5) is 13.4. The zero-order chi connectivity index (χ0) is 16.6. The zero-order valence-corrected chi connectivity index (χ0v) is 13.0. The quantitative estimate of drug-likeness (QED) is 0.673. The molecule has 3 heterocycles. The molecule has 1 aliphatic rings. The molecule has 1 atom stereocenters. The third-order valence-corrected chi connectivity index (χ3v) is 3.69. The fourth-order valence-electron chi connectivity index (χ4n) is 2.57. The van der Waals surface area contributed by atoms with Gasteiger partial charge in [0.2, 0.25) is 5.95 Å². The molecule has 24 heavy (non-hydrogen) atoms. The first-order valence-corrected chi connectivity index (χ1v) is 7.47. The third kappa shape index (κ3) is 2.54. The van der Waals surface area contributed by atoms with E-state index in [1.807, 2.05) is 49.4 Å². The van der Waals surface area contributed by atoms with Gasteiger partial charge in [-0.15, -0.1) is 0 Å². The molecule has 1 unspecified atom stereocenters. The standard InChI is InChI=1S/C16H16N8/c1-16(7-8-18-14(17)22-16)23-15-21-12(11-5-3-2-4-6-11)9-13-19-10-20-24(13)15/h2-10H,1H3,(H,21,23)(H3,17,18,22). The predicted molar refractivity (Wildman–Crippen MR) is 92.1 cm³/mol. The molecular weight excluding hydrogens is 304 g/mol. The van der Waals surface area contributed by atoms with E-state index in [9.17, 15) is 0 Å². The number of aromatic nitrogens is 4. The number of hydrogen-bond acceptors (Lipinski definition) is 7. The monoisotopic (exact) mass is 320 g/mol. The first kappa shape index (κ1) is 14.2. The summed E-state index contributed by atoms with van der Waals surface area (Å²) in [5, 5.41) is 10.4. The van der Waals surface area contributed by atoms with Crippen molar-refractivity contribution in [3.8, 4) is 11.3 Å². The molecule has 3 aromatic rings. The number of nitrogens with one attached hydrogen (secondary N) is 2. The minimum Gasteiger partial charge on any atom is -0.370 e. The van der Waals surface area contributed by atoms with E-state index >= 15 is 0 Å². The average Bonchev–Trinajstić information content (AvgIpc) is 3.04. The van der Waals surface area contributed by atoms with Crippen LogP contribution in [-0.2, 0) is 0 Å². The topological polar surface area (TPSA) is 106 Å². The summed E-state index contributed by atoms with van der Waals surface area (Å²) >= 11 is 0. The van der Waals surface area contributed by atoms with Gasteiger partial charge in [-0.3, -0.25) is 0 Å². The Labute approximate surface area is 138 Å². The Kier molecular flexibility index (Phi) is 3.16. The van der Waals surface area contributed by atoms with Gasteiger partial charge in [-0.25, -0.2) is 15.0 Å². The molecule has 1 aromatic carbocycles. The summed E-state index contributed by atoms with van der Waals surface area (Å²) in [7, 11) is 0. The van der Waals surface area contributed by atoms with E-state index in [-0.39, 0.29) is 0 Å². The normalized spacial score (nSPS) is 19.8. The van der Waals surface area contributed by atoms with Gasteiger partial charge in [0.1, 0.15) is 6.33 Å². The number of anilines is 1. The molecule has 0 amide bonds. The van der Waals surface area contributed by atoms with Crippen molar-refractivity contribution in [2.24, 2.45) is 10.7 Å². The van der Waals surface area contributed by atoms with E-state index in [0.717, 1.165) is 11.3 Å². The van der Waals surface area contributed by atoms with Crippen LogP contribution in [0.3, 0.4) is 0 Å². The van der Waals surface area contributed by atoms with Crippen molar-refractivity contribution in [1.82, 2.24) is 24.9 Å². The summed E-state index contributed by atoms with van der Waals surface area (Å²) in [6, 6.07) is 11.8. The van der Waals surface area contributed by atoms with Crippen LogP contribution < -0.4 is 16.4 Å². The van der Waals surface area contributed by atoms with Crippen LogP contribution >= 0.6 is 0 Å². The lowest BCUT2D eigenvalue weighted by molar-refractivity contribution is 0.642. The Morgan fingerprint density at radius 2 is 2.08 bits per heavy atom. The Bertz CT molecular complexity index is 943. The van der Waals surface area contributed by atoms with Crippen LogP contribution in [0.15, 0.2) is 60.0 Å². The number of nitrogens with zero attached hydrogens (tertiary/aromatic N) is 5. The summed E-state index contributed by atoms with van der Waals surface area (Å²) in [6.45, 7) is 1.90. The summed E-state index contributed by atoms with van der Waals surface area (Å²) in [6.07, 6.45) is 5.10. The van der Waals surface area contributed by atoms with Crippen molar-refractivity contribution in [2.45, 2.75) is 12.6 Å². The van der Waals surface area contributed by atoms with E-state index in [1.165, 1.54) is 6.33 Å². The summed E-state index contributed by atoms with van der Waals surface area (Å²) in [5.41, 5.74) is 7.55. The molecule has 2 aromatic heterocycles. The Morgan fingerprint density at radius 3 is 2.88 bits per heavy atom. The fourth-order valence-corrected chi connectivity index (χ4v) is 2.57. The molecule has 0 fully saturated rings. The van der Waals surface area contributed by atoms with Crippen LogP contribution in [0.2, 0.25) is 0 Å². The van der Waals surface area contributed by atoms with Crippen LogP contribution in [0, 0.1) is 0 Å². The molecule has 0 saturated carbocycles. The molecule has 4 N–H and O–H groups in total. The second-order valence-corrected chi connectivity index (χ2v) is 5.61. The van der Waals surface area contributed by atoms with Crippen LogP contribution in [0.4, 0.5) is 5.95 Å². The minimum atomic E-state index is -0.726. The Hall–Kier alpha value is -3.42. The Balaban J connectivity index is 1.81. The van der Waals surface area contributed by atoms with Gasteiger partial charge < -0.3 is 16.4 Å². The summed E-state index contributed by atoms with van der Waals surface area (Å²) < 4.78 is 1.64. The number of benzene rings is 1. The minimum absolute atomic E-state index is 0.335. The fraction of sp³-hybridized carbons (Fsp3) is 0.125. The molecule has 1 aliphatic heterocycles. The van der Waals surface area contributed by atoms with Gasteiger partial charge in [-0.05, 0) is 13.0 Å². The molecule has 0 aliphatic carbocycles. The highest BCUT2D eigenvalue weighted by Crippen LogP contribution is 2.23. The predicted octanol–water partition coefficient (Wildman–Crippen LogP) is 1.35. The van der Waals surface area contributed by atoms with Gasteiger partial charge in [-0.2, -0.15) is 9.61 Å². The van der Waals surface area contributed by atoms with E-state index in [1.54, 1.807) is 10.7 Å². The highest BCUT2D eigenvalue weighted by molar-refractivity contribution is 5.80. The molecule has 4 rings (SSSR count). The Morgan fingerprint density at radius 1 is 1.25 bits per heavy atom. The lowest BCUT2D eigenvalue weighted by atomic mass is 10.1. The van der Waals surface area contributed by atoms with E-state index in [2.05, 4.69) is 25.7 Å². The van der Waals surface area contributed by atoms with E-state index in [4.69, 9.17) is 10.7 Å². The first-order valence-electron chi connectivity index (χ1n) is 7.47. The number of nitrogens with two attached hydrogens (primary N) is 1. The number of aliphatic imine (C=N–C) groups is 1. The smallest absolute Gasteiger partial charge is 0.228 e. The van der Waals surface area contributed by atoms with Gasteiger partial charge in [0.05, 0.1) is 5.69 Å². The summed E-state index contributed by atoms with van der Waals surface area (Å²) in [5.74, 6) is 0.871. The van der Waals surface area contributed by atoms with Gasteiger partial charge in [0, 0.05) is 17.8 Å². The second-order valence-electron chi connectivity index (χ2n) is 5.61. The van der Waals surface area contributed by atoms with Crippen molar-refractivity contribution < 1.29 is 0 Å². The second kappa shape index (κ2) is 5.34. The van der Waals surface area contributed by atoms with Gasteiger partial charge in [-0.1, -0.05) is 30.3 Å². The van der Waals surface area contributed by atoms with Crippen molar-refractivity contribution in [2.75, 3.05) is 5.32 Å². The van der Waals surface area contributed by atoms with Crippen molar-refractivity contribution in [3.63, 3.8) is 0 Å². The number of rotatable bonds is 3. The maximum Gasteiger partial charge on any atom is 0.228 e. The molecule has 0 spiro atoms. The van der Waals surface area contributed by atoms with Crippen LogP contribution in [0.1, 0.15) is 6.92 Å². The van der Waals surface area contributed by atoms with Crippen LogP contribution in [-0.4, -0.2) is 31.2 Å². The number of fused-ring (bicyclic) bond motifs is 1. The third-order valence-electron chi connectivity index (χ3n) is 3.69. The van der Waals surface area contributed by atoms with Crippen molar-refractivity contribution >= 4 is 17.6 Å². The van der Waals surface area contributed by atoms with Crippen molar-refractivity contribution in [3.05, 3.63) is 55.0 Å². The molecule has 8 nitrogen and oxygen atoms in total. The molecule has 0 radical (unpaired) electrons.